The lowest BCUT2D eigenvalue weighted by Crippen LogP contribution is -2.35. The molecule has 0 spiro atoms. The van der Waals surface area contributed by atoms with Gasteiger partial charge >= 0.3 is 0 Å². The second-order valence-electron chi connectivity index (χ2n) is 5.14. The molecule has 0 aliphatic rings. The maximum atomic E-state index is 9.05. The second kappa shape index (κ2) is 9.88. The molecule has 1 N–H and O–H groups in total. The number of hydrogen-bond donors (Lipinski definition) is 1. The van der Waals surface area contributed by atoms with Crippen LogP contribution in [-0.2, 0) is 13.6 Å². The molecule has 0 radical (unpaired) electrons. The van der Waals surface area contributed by atoms with Crippen molar-refractivity contribution < 1.29 is 18.7 Å². The highest BCUT2D eigenvalue weighted by Gasteiger charge is 2.22. The lowest BCUT2D eigenvalue weighted by molar-refractivity contribution is -0.0807. The SMILES string of the molecule is C=CC(O)OCCOCCC[Si](C)(C)O[SiH](C)C. The largest absolute Gasteiger partial charge is 0.458 e. The first-order valence-electron chi connectivity index (χ1n) is 6.55. The summed E-state index contributed by atoms with van der Waals surface area (Å²) in [5.41, 5.74) is 0. The second-order valence-corrected chi connectivity index (χ2v) is 12.2. The first kappa shape index (κ1) is 18.0. The van der Waals surface area contributed by atoms with E-state index in [1.165, 1.54) is 6.08 Å². The molecule has 0 fully saturated rings. The van der Waals surface area contributed by atoms with E-state index >= 15 is 0 Å². The van der Waals surface area contributed by atoms with Gasteiger partial charge in [-0.3, -0.25) is 0 Å². The molecular weight excluding hydrogens is 264 g/mol. The molecule has 0 saturated carbocycles. The van der Waals surface area contributed by atoms with E-state index in [2.05, 4.69) is 32.8 Å². The van der Waals surface area contributed by atoms with Gasteiger partial charge in [0.1, 0.15) is 0 Å². The molecule has 0 rings (SSSR count). The third-order valence-corrected chi connectivity index (χ3v) is 8.34. The van der Waals surface area contributed by atoms with Crippen LogP contribution in [0.2, 0.25) is 32.2 Å². The highest BCUT2D eigenvalue weighted by Crippen LogP contribution is 2.14. The highest BCUT2D eigenvalue weighted by molar-refractivity contribution is 6.77. The highest BCUT2D eigenvalue weighted by atomic mass is 28.4. The summed E-state index contributed by atoms with van der Waals surface area (Å²) in [6.07, 6.45) is 1.50. The minimum absolute atomic E-state index is 0.392. The molecule has 0 saturated heterocycles. The Bertz CT molecular complexity index is 222. The molecule has 0 aliphatic heterocycles. The van der Waals surface area contributed by atoms with Crippen LogP contribution in [0.15, 0.2) is 12.7 Å². The molecule has 6 heteroatoms. The first-order chi connectivity index (χ1) is 8.37. The average molecular weight is 293 g/mol. The number of aliphatic hydroxyl groups is 1. The van der Waals surface area contributed by atoms with Crippen molar-refractivity contribution in [1.29, 1.82) is 0 Å². The monoisotopic (exact) mass is 292 g/mol. The minimum Gasteiger partial charge on any atom is -0.458 e. The Morgan fingerprint density at radius 3 is 2.50 bits per heavy atom. The number of aliphatic hydroxyl groups excluding tert-OH is 1. The van der Waals surface area contributed by atoms with Gasteiger partial charge in [0.25, 0.3) is 0 Å². The van der Waals surface area contributed by atoms with E-state index in [4.69, 9.17) is 18.7 Å². The van der Waals surface area contributed by atoms with Gasteiger partial charge in [0.2, 0.25) is 0 Å². The lowest BCUT2D eigenvalue weighted by atomic mass is 10.5. The van der Waals surface area contributed by atoms with Crippen molar-refractivity contribution in [2.24, 2.45) is 0 Å². The van der Waals surface area contributed by atoms with Gasteiger partial charge < -0.3 is 18.7 Å². The third kappa shape index (κ3) is 11.1. The topological polar surface area (TPSA) is 47.9 Å². The fourth-order valence-electron chi connectivity index (χ4n) is 1.69. The molecule has 0 bridgehead atoms. The van der Waals surface area contributed by atoms with Gasteiger partial charge in [-0.1, -0.05) is 6.58 Å². The third-order valence-electron chi connectivity index (χ3n) is 2.34. The molecular formula is C12H28O4Si2. The van der Waals surface area contributed by atoms with Crippen LogP contribution in [-0.4, -0.2) is 48.6 Å². The van der Waals surface area contributed by atoms with Gasteiger partial charge in [0.15, 0.2) is 23.6 Å². The molecule has 18 heavy (non-hydrogen) atoms. The predicted molar refractivity (Wildman–Crippen MR) is 79.8 cm³/mol. The molecule has 0 aromatic heterocycles. The summed E-state index contributed by atoms with van der Waals surface area (Å²) >= 11 is 0. The van der Waals surface area contributed by atoms with Crippen LogP contribution in [0, 0.1) is 0 Å². The van der Waals surface area contributed by atoms with Crippen LogP contribution in [0.4, 0.5) is 0 Å². The van der Waals surface area contributed by atoms with Gasteiger partial charge in [-0.15, -0.1) is 0 Å². The fourth-order valence-corrected chi connectivity index (χ4v) is 8.27. The van der Waals surface area contributed by atoms with Crippen molar-refractivity contribution in [3.63, 3.8) is 0 Å². The van der Waals surface area contributed by atoms with Crippen molar-refractivity contribution in [3.8, 4) is 0 Å². The smallest absolute Gasteiger partial charge is 0.173 e. The molecule has 0 heterocycles. The average Bonchev–Trinajstić information content (AvgIpc) is 2.25. The Morgan fingerprint density at radius 2 is 1.94 bits per heavy atom. The first-order valence-corrected chi connectivity index (χ1v) is 12.4. The van der Waals surface area contributed by atoms with Gasteiger partial charge in [-0.25, -0.2) is 0 Å². The summed E-state index contributed by atoms with van der Waals surface area (Å²) in [6.45, 7) is 14.0. The summed E-state index contributed by atoms with van der Waals surface area (Å²) in [5.74, 6) is 0. The van der Waals surface area contributed by atoms with Crippen molar-refractivity contribution in [2.75, 3.05) is 19.8 Å². The predicted octanol–water partition coefficient (Wildman–Crippen LogP) is 2.12. The Hall–Kier alpha value is 0.0138. The van der Waals surface area contributed by atoms with Gasteiger partial charge in [-0.05, 0) is 44.7 Å². The standard InChI is InChI=1S/C12H28O4Si2/c1-6-12(13)15-10-9-14-8-7-11-18(4,5)16-17(2)3/h6,12-13,17H,1,7-11H2,2-5H3. The van der Waals surface area contributed by atoms with Crippen LogP contribution in [0.1, 0.15) is 6.42 Å². The number of hydrogen-bond acceptors (Lipinski definition) is 4. The summed E-state index contributed by atoms with van der Waals surface area (Å²) < 4.78 is 16.5. The van der Waals surface area contributed by atoms with E-state index < -0.39 is 23.6 Å². The molecule has 108 valence electrons. The summed E-state index contributed by atoms with van der Waals surface area (Å²) in [7, 11) is -2.38. The zero-order valence-corrected chi connectivity index (χ0v) is 14.3. The number of rotatable bonds is 11. The maximum absolute atomic E-state index is 9.05. The van der Waals surface area contributed by atoms with Crippen LogP contribution < -0.4 is 0 Å². The number of ether oxygens (including phenoxy) is 2. The van der Waals surface area contributed by atoms with E-state index in [1.54, 1.807) is 0 Å². The summed E-state index contributed by atoms with van der Waals surface area (Å²) in [5, 5.41) is 9.05. The molecule has 0 aliphatic carbocycles. The normalized spacial score (nSPS) is 13.9. The van der Waals surface area contributed by atoms with Crippen molar-refractivity contribution in [1.82, 2.24) is 0 Å². The molecule has 4 nitrogen and oxygen atoms in total. The van der Waals surface area contributed by atoms with E-state index in [0.29, 0.717) is 13.2 Å². The van der Waals surface area contributed by atoms with Crippen molar-refractivity contribution >= 4 is 17.4 Å². The molecule has 0 aromatic carbocycles. The maximum Gasteiger partial charge on any atom is 0.173 e. The zero-order valence-electron chi connectivity index (χ0n) is 12.1. The van der Waals surface area contributed by atoms with E-state index in [1.807, 2.05) is 0 Å². The van der Waals surface area contributed by atoms with Crippen LogP contribution in [0.3, 0.4) is 0 Å². The van der Waals surface area contributed by atoms with Gasteiger partial charge in [-0.2, -0.15) is 0 Å². The fraction of sp³-hybridized carbons (Fsp3) is 0.833. The quantitative estimate of drug-likeness (QED) is 0.274. The lowest BCUT2D eigenvalue weighted by Gasteiger charge is -2.25. The summed E-state index contributed by atoms with van der Waals surface area (Å²) in [4.78, 5) is 0. The van der Waals surface area contributed by atoms with E-state index in [9.17, 15) is 0 Å². The van der Waals surface area contributed by atoms with Crippen LogP contribution >= 0.6 is 0 Å². The van der Waals surface area contributed by atoms with Crippen LogP contribution in [0.5, 0.6) is 0 Å². The summed E-state index contributed by atoms with van der Waals surface area (Å²) in [6, 6.07) is 1.13. The van der Waals surface area contributed by atoms with Crippen molar-refractivity contribution in [3.05, 3.63) is 12.7 Å². The Labute approximate surface area is 114 Å². The van der Waals surface area contributed by atoms with E-state index in [-0.39, 0.29) is 0 Å². The Morgan fingerprint density at radius 1 is 1.28 bits per heavy atom. The van der Waals surface area contributed by atoms with Crippen molar-refractivity contribution in [2.45, 2.75) is 44.9 Å². The Kier molecular flexibility index (Phi) is 9.89. The minimum atomic E-state index is -1.46. The zero-order chi connectivity index (χ0) is 14.0. The van der Waals surface area contributed by atoms with Crippen LogP contribution in [0.25, 0.3) is 0 Å². The molecule has 0 amide bonds. The van der Waals surface area contributed by atoms with Gasteiger partial charge in [0.05, 0.1) is 13.2 Å². The van der Waals surface area contributed by atoms with E-state index in [0.717, 1.165) is 19.1 Å². The Balaban J connectivity index is 3.42. The molecule has 0 aromatic rings. The van der Waals surface area contributed by atoms with Gasteiger partial charge in [0, 0.05) is 6.61 Å². The molecule has 1 unspecified atom stereocenters. The molecule has 1 atom stereocenters.